The van der Waals surface area contributed by atoms with Crippen molar-refractivity contribution in [2.75, 3.05) is 25.2 Å². The minimum absolute atomic E-state index is 0.0298. The van der Waals surface area contributed by atoms with Gasteiger partial charge in [-0.25, -0.2) is 0 Å². The molecule has 0 aromatic rings. The average molecular weight is 686 g/mol. The zero-order valence-electron chi connectivity index (χ0n) is 31.0. The summed E-state index contributed by atoms with van der Waals surface area (Å²) in [6.45, 7) is 4.55. The van der Waals surface area contributed by atoms with Crippen LogP contribution in [-0.4, -0.2) is 55.3 Å². The van der Waals surface area contributed by atoms with Crippen LogP contribution in [0.2, 0.25) is 0 Å². The summed E-state index contributed by atoms with van der Waals surface area (Å²) in [6.07, 6.45) is 32.8. The minimum Gasteiger partial charge on any atom is -0.468 e. The Morgan fingerprint density at radius 2 is 0.894 bits per heavy atom. The third kappa shape index (κ3) is 33.0. The number of hydrogen-bond acceptors (Lipinski definition) is 8. The second-order valence-corrected chi connectivity index (χ2v) is 14.5. The fraction of sp³-hybridized carbons (Fsp3) is 0.923. The second kappa shape index (κ2) is 36.0. The molecule has 0 saturated carbocycles. The fourth-order valence-corrected chi connectivity index (χ4v) is 6.69. The van der Waals surface area contributed by atoms with Crippen molar-refractivity contribution in [1.29, 1.82) is 0 Å². The molecule has 8 heteroatoms. The quantitative estimate of drug-likeness (QED) is 0.0395. The standard InChI is InChI=1S/C39H75NO6S/c1-4-6-8-10-12-14-16-18-20-22-24-26-28-30-37(41)45-32-35(33-47-34-36(40)39(43)44-3)46-38(42)31-29-27-25-23-21-19-17-15-13-11-9-7-5-2/h35-36H,4-34,40H2,1-3H3/t35-,36+/m1/s1. The van der Waals surface area contributed by atoms with E-state index in [9.17, 15) is 14.4 Å². The van der Waals surface area contributed by atoms with Crippen LogP contribution in [0, 0.1) is 0 Å². The molecule has 0 aliphatic rings. The van der Waals surface area contributed by atoms with Crippen molar-refractivity contribution in [1.82, 2.24) is 0 Å². The van der Waals surface area contributed by atoms with Crippen LogP contribution >= 0.6 is 11.8 Å². The van der Waals surface area contributed by atoms with Crippen molar-refractivity contribution in [2.24, 2.45) is 5.73 Å². The van der Waals surface area contributed by atoms with Crippen LogP contribution in [0.15, 0.2) is 0 Å². The number of methoxy groups -OCH3 is 1. The average Bonchev–Trinajstić information content (AvgIpc) is 3.07. The first-order valence-corrected chi connectivity index (χ1v) is 20.9. The Morgan fingerprint density at radius 1 is 0.532 bits per heavy atom. The molecule has 278 valence electrons. The third-order valence-electron chi connectivity index (χ3n) is 8.80. The Balaban J connectivity index is 4.13. The van der Waals surface area contributed by atoms with E-state index in [0.717, 1.165) is 38.5 Å². The van der Waals surface area contributed by atoms with Crippen molar-refractivity contribution in [2.45, 2.75) is 206 Å². The summed E-state index contributed by atoms with van der Waals surface area (Å²) >= 11 is 1.40. The predicted molar refractivity (Wildman–Crippen MR) is 199 cm³/mol. The highest BCUT2D eigenvalue weighted by molar-refractivity contribution is 7.99. The molecule has 0 radical (unpaired) electrons. The summed E-state index contributed by atoms with van der Waals surface area (Å²) in [4.78, 5) is 36.6. The van der Waals surface area contributed by atoms with E-state index in [2.05, 4.69) is 13.8 Å². The SMILES string of the molecule is CCCCCCCCCCCCCCCC(=O)OC[C@H](CSC[C@H](N)C(=O)OC)OC(=O)CCCCCCCCCCCCCCC. The molecule has 0 spiro atoms. The van der Waals surface area contributed by atoms with Gasteiger partial charge in [0.1, 0.15) is 18.8 Å². The van der Waals surface area contributed by atoms with Crippen LogP contribution in [0.5, 0.6) is 0 Å². The maximum Gasteiger partial charge on any atom is 0.323 e. The van der Waals surface area contributed by atoms with Gasteiger partial charge in [-0.3, -0.25) is 14.4 Å². The summed E-state index contributed by atoms with van der Waals surface area (Å²) in [5, 5.41) is 0. The van der Waals surface area contributed by atoms with Crippen LogP contribution in [0.3, 0.4) is 0 Å². The number of thioether (sulfide) groups is 1. The molecular formula is C39H75NO6S. The lowest BCUT2D eigenvalue weighted by molar-refractivity contribution is -0.157. The number of hydrogen-bond donors (Lipinski definition) is 1. The van der Waals surface area contributed by atoms with Gasteiger partial charge in [0.2, 0.25) is 0 Å². The molecule has 0 aliphatic carbocycles. The molecule has 0 saturated heterocycles. The lowest BCUT2D eigenvalue weighted by Gasteiger charge is -2.18. The van der Waals surface area contributed by atoms with Crippen LogP contribution in [0.25, 0.3) is 0 Å². The highest BCUT2D eigenvalue weighted by Gasteiger charge is 2.20. The first-order valence-electron chi connectivity index (χ1n) is 19.7. The molecule has 0 bridgehead atoms. The monoisotopic (exact) mass is 686 g/mol. The van der Waals surface area contributed by atoms with Gasteiger partial charge in [-0.15, -0.1) is 0 Å². The molecular weight excluding hydrogens is 610 g/mol. The van der Waals surface area contributed by atoms with E-state index >= 15 is 0 Å². The lowest BCUT2D eigenvalue weighted by atomic mass is 10.0. The summed E-state index contributed by atoms with van der Waals surface area (Å²) in [7, 11) is 1.31. The number of carbonyl (C=O) groups excluding carboxylic acids is 3. The van der Waals surface area contributed by atoms with Crippen molar-refractivity contribution in [3.8, 4) is 0 Å². The number of nitrogens with two attached hydrogens (primary N) is 1. The first kappa shape index (κ1) is 45.7. The number of ether oxygens (including phenoxy) is 3. The van der Waals surface area contributed by atoms with Gasteiger partial charge in [-0.2, -0.15) is 11.8 Å². The fourth-order valence-electron chi connectivity index (χ4n) is 5.74. The maximum absolute atomic E-state index is 12.6. The lowest BCUT2D eigenvalue weighted by Crippen LogP contribution is -2.35. The zero-order chi connectivity index (χ0) is 34.6. The number of unbranched alkanes of at least 4 members (excludes halogenated alkanes) is 24. The maximum atomic E-state index is 12.6. The van der Waals surface area contributed by atoms with Gasteiger partial charge >= 0.3 is 17.9 Å². The molecule has 0 unspecified atom stereocenters. The Morgan fingerprint density at radius 3 is 1.28 bits per heavy atom. The van der Waals surface area contributed by atoms with Gasteiger partial charge < -0.3 is 19.9 Å². The molecule has 7 nitrogen and oxygen atoms in total. The molecule has 2 atom stereocenters. The number of esters is 3. The smallest absolute Gasteiger partial charge is 0.323 e. The molecule has 0 heterocycles. The highest BCUT2D eigenvalue weighted by atomic mass is 32.2. The van der Waals surface area contributed by atoms with Crippen molar-refractivity contribution >= 4 is 29.7 Å². The number of carbonyl (C=O) groups is 3. The summed E-state index contributed by atoms with van der Waals surface area (Å²) in [5.41, 5.74) is 5.85. The Hall–Kier alpha value is -1.28. The van der Waals surface area contributed by atoms with Crippen molar-refractivity contribution in [3.63, 3.8) is 0 Å². The van der Waals surface area contributed by atoms with E-state index in [1.54, 1.807) is 0 Å². The minimum atomic E-state index is -0.745. The van der Waals surface area contributed by atoms with Crippen LogP contribution in [-0.2, 0) is 28.6 Å². The van der Waals surface area contributed by atoms with Crippen molar-refractivity contribution in [3.05, 3.63) is 0 Å². The van der Waals surface area contributed by atoms with E-state index in [4.69, 9.17) is 19.9 Å². The van der Waals surface area contributed by atoms with E-state index in [-0.39, 0.29) is 18.5 Å². The molecule has 0 aromatic carbocycles. The van der Waals surface area contributed by atoms with E-state index < -0.39 is 18.1 Å². The van der Waals surface area contributed by atoms with E-state index in [1.807, 2.05) is 0 Å². The Labute approximate surface area is 294 Å². The zero-order valence-corrected chi connectivity index (χ0v) is 31.8. The van der Waals surface area contributed by atoms with Gasteiger partial charge in [0, 0.05) is 24.3 Å². The largest absolute Gasteiger partial charge is 0.468 e. The summed E-state index contributed by atoms with van der Waals surface area (Å²) < 4.78 is 15.9. The third-order valence-corrected chi connectivity index (χ3v) is 10.0. The van der Waals surface area contributed by atoms with Gasteiger partial charge in [0.05, 0.1) is 7.11 Å². The molecule has 47 heavy (non-hydrogen) atoms. The van der Waals surface area contributed by atoms with Crippen LogP contribution in [0.1, 0.15) is 194 Å². The molecule has 0 aromatic heterocycles. The van der Waals surface area contributed by atoms with Gasteiger partial charge in [0.15, 0.2) is 0 Å². The number of rotatable bonds is 36. The summed E-state index contributed by atoms with van der Waals surface area (Å²) in [6, 6.07) is -0.745. The van der Waals surface area contributed by atoms with Crippen molar-refractivity contribution < 1.29 is 28.6 Å². The van der Waals surface area contributed by atoms with E-state index in [1.165, 1.54) is 147 Å². The van der Waals surface area contributed by atoms with E-state index in [0.29, 0.717) is 24.3 Å². The second-order valence-electron chi connectivity index (χ2n) is 13.4. The molecule has 0 aliphatic heterocycles. The Kier molecular flexibility index (Phi) is 35.0. The molecule has 0 fully saturated rings. The topological polar surface area (TPSA) is 105 Å². The van der Waals surface area contributed by atoms with Gasteiger partial charge in [0.25, 0.3) is 0 Å². The first-order chi connectivity index (χ1) is 22.9. The predicted octanol–water partition coefficient (Wildman–Crippen LogP) is 10.6. The van der Waals surface area contributed by atoms with Crippen LogP contribution < -0.4 is 5.73 Å². The van der Waals surface area contributed by atoms with Crippen LogP contribution in [0.4, 0.5) is 0 Å². The Bertz CT molecular complexity index is 722. The normalized spacial score (nSPS) is 12.5. The molecule has 2 N–H and O–H groups in total. The van der Waals surface area contributed by atoms with Gasteiger partial charge in [-0.05, 0) is 12.8 Å². The van der Waals surface area contributed by atoms with Gasteiger partial charge in [-0.1, -0.05) is 168 Å². The summed E-state index contributed by atoms with van der Waals surface area (Å²) in [5.74, 6) is -0.240. The highest BCUT2D eigenvalue weighted by Crippen LogP contribution is 2.16. The molecule has 0 rings (SSSR count). The molecule has 0 amide bonds.